The minimum atomic E-state index is -0.555. The quantitative estimate of drug-likeness (QED) is 0.726. The van der Waals surface area contributed by atoms with Crippen molar-refractivity contribution in [2.24, 2.45) is 5.41 Å². The van der Waals surface area contributed by atoms with Crippen LogP contribution in [-0.4, -0.2) is 50.6 Å². The Bertz CT molecular complexity index is 1090. The molecule has 2 aliphatic rings. The second kappa shape index (κ2) is 7.23. The number of para-hydroxylation sites is 1. The summed E-state index contributed by atoms with van der Waals surface area (Å²) in [5.41, 5.74) is 1.90. The van der Waals surface area contributed by atoms with Gasteiger partial charge in [-0.2, -0.15) is 5.10 Å². The Hall–Kier alpha value is -3.22. The van der Waals surface area contributed by atoms with Gasteiger partial charge in [-0.05, 0) is 56.2 Å². The Morgan fingerprint density at radius 3 is 2.50 bits per heavy atom. The smallest absolute Gasteiger partial charge is 0.253 e. The van der Waals surface area contributed by atoms with Gasteiger partial charge in [-0.25, -0.2) is 9.67 Å². The molecule has 7 nitrogen and oxygen atoms in total. The van der Waals surface area contributed by atoms with Crippen LogP contribution in [0.1, 0.15) is 43.0 Å². The fourth-order valence-electron chi connectivity index (χ4n) is 4.29. The van der Waals surface area contributed by atoms with Gasteiger partial charge in [0.1, 0.15) is 6.04 Å². The molecule has 1 saturated heterocycles. The van der Waals surface area contributed by atoms with Crippen LogP contribution >= 0.6 is 0 Å². The van der Waals surface area contributed by atoms with Gasteiger partial charge in [0.05, 0.1) is 17.3 Å². The zero-order valence-electron chi connectivity index (χ0n) is 17.0. The van der Waals surface area contributed by atoms with Crippen LogP contribution in [0.15, 0.2) is 48.8 Å². The fourth-order valence-corrected chi connectivity index (χ4v) is 4.29. The van der Waals surface area contributed by atoms with Crippen LogP contribution in [-0.2, 0) is 4.79 Å². The van der Waals surface area contributed by atoms with Crippen LogP contribution in [0.3, 0.4) is 0 Å². The molecule has 3 heterocycles. The number of amides is 2. The Morgan fingerprint density at radius 2 is 1.80 bits per heavy atom. The van der Waals surface area contributed by atoms with Gasteiger partial charge < -0.3 is 10.2 Å². The summed E-state index contributed by atoms with van der Waals surface area (Å²) in [5, 5.41) is 8.23. The molecule has 154 valence electrons. The summed E-state index contributed by atoms with van der Waals surface area (Å²) in [6, 6.07) is 10.8. The number of fused-ring (bicyclic) bond motifs is 1. The lowest BCUT2D eigenvalue weighted by Crippen LogP contribution is -2.49. The number of aromatic nitrogens is 3. The highest BCUT2D eigenvalue weighted by Crippen LogP contribution is 2.53. The molecule has 5 rings (SSSR count). The molecule has 2 amide bonds. The molecule has 1 saturated carbocycles. The largest absolute Gasteiger partial charge is 0.341 e. The first-order chi connectivity index (χ1) is 14.5. The minimum Gasteiger partial charge on any atom is -0.341 e. The van der Waals surface area contributed by atoms with Crippen LogP contribution in [0.25, 0.3) is 16.7 Å². The van der Waals surface area contributed by atoms with E-state index in [1.807, 2.05) is 29.2 Å². The third-order valence-corrected chi connectivity index (χ3v) is 6.52. The van der Waals surface area contributed by atoms with E-state index in [-0.39, 0.29) is 11.8 Å². The second-order valence-electron chi connectivity index (χ2n) is 8.54. The van der Waals surface area contributed by atoms with Gasteiger partial charge in [0.15, 0.2) is 5.82 Å². The van der Waals surface area contributed by atoms with Crippen LogP contribution < -0.4 is 5.32 Å². The molecule has 2 fully saturated rings. The van der Waals surface area contributed by atoms with Gasteiger partial charge in [0.25, 0.3) is 5.91 Å². The summed E-state index contributed by atoms with van der Waals surface area (Å²) in [5.74, 6) is 0.335. The van der Waals surface area contributed by atoms with Crippen molar-refractivity contribution in [1.82, 2.24) is 25.0 Å². The minimum absolute atomic E-state index is 0.00793. The number of nitrogens with zero attached hydrogens (tertiary/aromatic N) is 4. The number of likely N-dealkylation sites (tertiary alicyclic amines) is 1. The molecule has 7 heteroatoms. The third kappa shape index (κ3) is 3.44. The molecule has 1 aliphatic carbocycles. The molecule has 2 aromatic heterocycles. The highest BCUT2D eigenvalue weighted by Gasteiger charge is 2.45. The lowest BCUT2D eigenvalue weighted by Gasteiger charge is -2.33. The van der Waals surface area contributed by atoms with E-state index in [1.54, 1.807) is 29.9 Å². The maximum atomic E-state index is 12.7. The first-order valence-electron chi connectivity index (χ1n) is 10.5. The fraction of sp³-hybridized carbons (Fsp3) is 0.391. The average molecular weight is 403 g/mol. The lowest BCUT2D eigenvalue weighted by molar-refractivity contribution is -0.134. The van der Waals surface area contributed by atoms with Crippen molar-refractivity contribution in [1.29, 1.82) is 0 Å². The van der Waals surface area contributed by atoms with Gasteiger partial charge >= 0.3 is 0 Å². The van der Waals surface area contributed by atoms with Crippen molar-refractivity contribution in [3.8, 4) is 5.82 Å². The van der Waals surface area contributed by atoms with Gasteiger partial charge in [0.2, 0.25) is 5.91 Å². The van der Waals surface area contributed by atoms with E-state index < -0.39 is 6.04 Å². The van der Waals surface area contributed by atoms with E-state index in [0.29, 0.717) is 16.8 Å². The van der Waals surface area contributed by atoms with E-state index in [1.165, 1.54) is 19.0 Å². The average Bonchev–Trinajstić information content (AvgIpc) is 3.39. The number of pyridine rings is 1. The van der Waals surface area contributed by atoms with Crippen molar-refractivity contribution in [2.45, 2.75) is 38.6 Å². The molecular formula is C23H25N5O2. The summed E-state index contributed by atoms with van der Waals surface area (Å²) >= 11 is 0. The molecule has 1 spiro atoms. The first kappa shape index (κ1) is 18.8. The molecule has 1 N–H and O–H groups in total. The van der Waals surface area contributed by atoms with E-state index in [2.05, 4.69) is 15.4 Å². The number of nitrogens with one attached hydrogen (secondary N) is 1. The number of carbonyl (C=O) groups excluding carboxylic acids is 2. The van der Waals surface area contributed by atoms with Crippen molar-refractivity contribution in [3.05, 3.63) is 54.4 Å². The summed E-state index contributed by atoms with van der Waals surface area (Å²) in [4.78, 5) is 31.6. The lowest BCUT2D eigenvalue weighted by atomic mass is 9.93. The Balaban J connectivity index is 1.23. The standard InChI is InChI=1S/C23H25N5O2/c1-16(22(30)27-12-10-23(8-9-23)11-13-27)26-21(29)18-6-7-20(24-14-18)28-19-5-3-2-4-17(19)15-25-28/h2-7,14-16H,8-13H2,1H3,(H,26,29). The van der Waals surface area contributed by atoms with Crippen LogP contribution in [0.5, 0.6) is 0 Å². The summed E-state index contributed by atoms with van der Waals surface area (Å²) in [6.07, 6.45) is 8.10. The molecule has 1 unspecified atom stereocenters. The Labute approximate surface area is 175 Å². The number of rotatable bonds is 4. The molecule has 1 atom stereocenters. The zero-order valence-corrected chi connectivity index (χ0v) is 17.0. The Morgan fingerprint density at radius 1 is 1.03 bits per heavy atom. The molecular weight excluding hydrogens is 378 g/mol. The first-order valence-corrected chi connectivity index (χ1v) is 10.5. The monoisotopic (exact) mass is 403 g/mol. The molecule has 1 aromatic carbocycles. The van der Waals surface area contributed by atoms with Crippen molar-refractivity contribution < 1.29 is 9.59 Å². The van der Waals surface area contributed by atoms with Crippen molar-refractivity contribution in [3.63, 3.8) is 0 Å². The van der Waals surface area contributed by atoms with E-state index in [0.717, 1.165) is 36.8 Å². The second-order valence-corrected chi connectivity index (χ2v) is 8.54. The van der Waals surface area contributed by atoms with E-state index in [4.69, 9.17) is 0 Å². The molecule has 1 aliphatic heterocycles. The molecule has 0 bridgehead atoms. The topological polar surface area (TPSA) is 80.1 Å². The van der Waals surface area contributed by atoms with E-state index >= 15 is 0 Å². The highest BCUT2D eigenvalue weighted by molar-refractivity contribution is 5.97. The normalized spacial score (nSPS) is 18.4. The van der Waals surface area contributed by atoms with Gasteiger partial charge in [-0.1, -0.05) is 18.2 Å². The maximum Gasteiger partial charge on any atom is 0.253 e. The third-order valence-electron chi connectivity index (χ3n) is 6.52. The van der Waals surface area contributed by atoms with Crippen LogP contribution in [0, 0.1) is 5.41 Å². The predicted molar refractivity (Wildman–Crippen MR) is 113 cm³/mol. The summed E-state index contributed by atoms with van der Waals surface area (Å²) in [7, 11) is 0. The predicted octanol–water partition coefficient (Wildman–Crippen LogP) is 2.94. The van der Waals surface area contributed by atoms with Gasteiger partial charge in [-0.15, -0.1) is 0 Å². The van der Waals surface area contributed by atoms with Crippen molar-refractivity contribution in [2.75, 3.05) is 13.1 Å². The highest BCUT2D eigenvalue weighted by atomic mass is 16.2. The van der Waals surface area contributed by atoms with E-state index in [9.17, 15) is 9.59 Å². The zero-order chi connectivity index (χ0) is 20.7. The SMILES string of the molecule is CC(NC(=O)c1ccc(-n2ncc3ccccc32)nc1)C(=O)N1CCC2(CC1)CC2. The summed E-state index contributed by atoms with van der Waals surface area (Å²) in [6.45, 7) is 3.35. The molecule has 30 heavy (non-hydrogen) atoms. The number of hydrogen-bond acceptors (Lipinski definition) is 4. The maximum absolute atomic E-state index is 12.7. The molecule has 3 aromatic rings. The van der Waals surface area contributed by atoms with Crippen molar-refractivity contribution >= 4 is 22.7 Å². The number of hydrogen-bond donors (Lipinski definition) is 1. The van der Waals surface area contributed by atoms with Gasteiger partial charge in [-0.3, -0.25) is 9.59 Å². The molecule has 0 radical (unpaired) electrons. The number of benzene rings is 1. The number of carbonyl (C=O) groups is 2. The van der Waals surface area contributed by atoms with Gasteiger partial charge in [0, 0.05) is 24.7 Å². The van der Waals surface area contributed by atoms with Crippen LogP contribution in [0.2, 0.25) is 0 Å². The van der Waals surface area contributed by atoms with Crippen LogP contribution in [0.4, 0.5) is 0 Å². The Kier molecular flexibility index (Phi) is 4.53. The number of piperidine rings is 1. The summed E-state index contributed by atoms with van der Waals surface area (Å²) < 4.78 is 1.74.